The van der Waals surface area contributed by atoms with Crippen molar-refractivity contribution < 1.29 is 32.2 Å². The molecule has 0 aromatic carbocycles. The van der Waals surface area contributed by atoms with Gasteiger partial charge in [0.25, 0.3) is 5.88 Å². The van der Waals surface area contributed by atoms with E-state index in [2.05, 4.69) is 30.4 Å². The van der Waals surface area contributed by atoms with Crippen LogP contribution in [0.5, 0.6) is 11.6 Å². The van der Waals surface area contributed by atoms with E-state index >= 15 is 0 Å². The molecule has 0 aliphatic carbocycles. The number of hydrogen-bond acceptors (Lipinski definition) is 5. The highest BCUT2D eigenvalue weighted by atomic mass is 79.9. The number of esters is 1. The van der Waals surface area contributed by atoms with Crippen LogP contribution in [-0.4, -0.2) is 31.5 Å². The van der Waals surface area contributed by atoms with Crippen molar-refractivity contribution in [2.75, 3.05) is 14.2 Å². The van der Waals surface area contributed by atoms with Crippen LogP contribution in [0.4, 0.5) is 13.2 Å². The Morgan fingerprint density at radius 3 is 2.50 bits per heavy atom. The van der Waals surface area contributed by atoms with Gasteiger partial charge in [0, 0.05) is 17.1 Å². The summed E-state index contributed by atoms with van der Waals surface area (Å²) in [7, 11) is 2.35. The fraction of sp³-hybridized carbons (Fsp3) is 0.455. The predicted octanol–water partition coefficient (Wildman–Crippen LogP) is 2.60. The smallest absolute Gasteiger partial charge is 0.478 e. The van der Waals surface area contributed by atoms with Crippen molar-refractivity contribution in [3.63, 3.8) is 0 Å². The highest BCUT2D eigenvalue weighted by molar-refractivity contribution is 9.08. The third kappa shape index (κ3) is 4.26. The molecule has 1 aromatic rings. The van der Waals surface area contributed by atoms with E-state index < -0.39 is 18.1 Å². The molecule has 0 aliphatic rings. The summed E-state index contributed by atoms with van der Waals surface area (Å²) in [5, 5.41) is 0.0314. The molecule has 0 radical (unpaired) electrons. The summed E-state index contributed by atoms with van der Waals surface area (Å²) in [4.78, 5) is 14.9. The number of methoxy groups -OCH3 is 2. The van der Waals surface area contributed by atoms with Gasteiger partial charge in [-0.2, -0.15) is 0 Å². The summed E-state index contributed by atoms with van der Waals surface area (Å²) in [6, 6.07) is 0. The van der Waals surface area contributed by atoms with E-state index in [1.807, 2.05) is 0 Å². The van der Waals surface area contributed by atoms with E-state index in [1.54, 1.807) is 0 Å². The van der Waals surface area contributed by atoms with Crippen LogP contribution < -0.4 is 9.47 Å². The number of aromatic nitrogens is 1. The lowest BCUT2D eigenvalue weighted by molar-refractivity contribution is -0.275. The molecule has 0 N–H and O–H groups in total. The topological polar surface area (TPSA) is 57.7 Å². The first-order valence-electron chi connectivity index (χ1n) is 5.25. The molecule has 0 fully saturated rings. The van der Waals surface area contributed by atoms with Crippen molar-refractivity contribution in [1.29, 1.82) is 0 Å². The van der Waals surface area contributed by atoms with Crippen molar-refractivity contribution in [1.82, 2.24) is 4.98 Å². The van der Waals surface area contributed by atoms with Gasteiger partial charge < -0.3 is 14.2 Å². The Kier molecular flexibility index (Phi) is 5.61. The number of carbonyl (C=O) groups excluding carboxylic acids is 1. The summed E-state index contributed by atoms with van der Waals surface area (Å²) in [5.74, 6) is -1.49. The quantitative estimate of drug-likeness (QED) is 0.598. The van der Waals surface area contributed by atoms with Crippen molar-refractivity contribution >= 4 is 21.9 Å². The lowest BCUT2D eigenvalue weighted by atomic mass is 10.1. The van der Waals surface area contributed by atoms with Crippen molar-refractivity contribution in [3.8, 4) is 11.6 Å². The predicted molar refractivity (Wildman–Crippen MR) is 65.8 cm³/mol. The van der Waals surface area contributed by atoms with Crippen molar-refractivity contribution in [3.05, 3.63) is 17.3 Å². The highest BCUT2D eigenvalue weighted by Gasteiger charge is 2.34. The second-order valence-electron chi connectivity index (χ2n) is 3.53. The van der Waals surface area contributed by atoms with E-state index in [0.29, 0.717) is 0 Å². The molecule has 0 amide bonds. The molecule has 112 valence electrons. The van der Waals surface area contributed by atoms with E-state index in [4.69, 9.17) is 4.74 Å². The zero-order valence-electron chi connectivity index (χ0n) is 10.6. The largest absolute Gasteiger partial charge is 0.573 e. The molecule has 0 saturated heterocycles. The number of carbonyl (C=O) groups is 1. The molecule has 0 unspecified atom stereocenters. The molecule has 0 saturated carbocycles. The number of halogens is 4. The van der Waals surface area contributed by atoms with Gasteiger partial charge in [0.2, 0.25) is 0 Å². The minimum Gasteiger partial charge on any atom is -0.478 e. The van der Waals surface area contributed by atoms with Gasteiger partial charge in [0.1, 0.15) is 0 Å². The SMILES string of the molecule is COC(=O)Cc1cnc(OC)c(OC(F)(F)F)c1CBr. The maximum atomic E-state index is 12.4. The number of hydrogen-bond donors (Lipinski definition) is 0. The van der Waals surface area contributed by atoms with Crippen LogP contribution in [0.2, 0.25) is 0 Å². The molecule has 0 spiro atoms. The summed E-state index contributed by atoms with van der Waals surface area (Å²) in [6.07, 6.45) is -3.87. The molecular weight excluding hydrogens is 347 g/mol. The molecule has 0 aliphatic heterocycles. The summed E-state index contributed by atoms with van der Waals surface area (Å²) >= 11 is 3.06. The normalized spacial score (nSPS) is 11.1. The fourth-order valence-electron chi connectivity index (χ4n) is 1.44. The molecule has 5 nitrogen and oxygen atoms in total. The van der Waals surface area contributed by atoms with E-state index in [0.717, 1.165) is 0 Å². The Hall–Kier alpha value is -1.51. The van der Waals surface area contributed by atoms with Gasteiger partial charge in [-0.3, -0.25) is 4.79 Å². The average molecular weight is 358 g/mol. The van der Waals surface area contributed by atoms with Gasteiger partial charge in [-0.15, -0.1) is 13.2 Å². The lowest BCUT2D eigenvalue weighted by Crippen LogP contribution is -2.20. The first-order valence-corrected chi connectivity index (χ1v) is 6.37. The first kappa shape index (κ1) is 16.5. The standard InChI is InChI=1S/C11H11BrF3NO4/c1-18-8(17)3-6-5-16-10(19-2)9(7(6)4-12)20-11(13,14)15/h5H,3-4H2,1-2H3. The summed E-state index contributed by atoms with van der Waals surface area (Å²) in [6.45, 7) is 0. The third-order valence-corrected chi connectivity index (χ3v) is 2.86. The summed E-state index contributed by atoms with van der Waals surface area (Å²) < 4.78 is 50.4. The molecule has 1 aromatic heterocycles. The van der Waals surface area contributed by atoms with Crippen molar-refractivity contribution in [2.24, 2.45) is 0 Å². The lowest BCUT2D eigenvalue weighted by Gasteiger charge is -2.17. The number of ether oxygens (including phenoxy) is 3. The number of rotatable bonds is 5. The molecule has 20 heavy (non-hydrogen) atoms. The minimum atomic E-state index is -4.89. The van der Waals surface area contributed by atoms with Crippen LogP contribution in [0.15, 0.2) is 6.20 Å². The zero-order valence-corrected chi connectivity index (χ0v) is 12.2. The van der Waals surface area contributed by atoms with Gasteiger partial charge in [-0.1, -0.05) is 15.9 Å². The highest BCUT2D eigenvalue weighted by Crippen LogP contribution is 2.37. The van der Waals surface area contributed by atoms with Gasteiger partial charge in [0.15, 0.2) is 5.75 Å². The van der Waals surface area contributed by atoms with Crippen LogP contribution in [0.25, 0.3) is 0 Å². The Morgan fingerprint density at radius 1 is 1.40 bits per heavy atom. The maximum Gasteiger partial charge on any atom is 0.573 e. The molecule has 1 rings (SSSR count). The van der Waals surface area contributed by atoms with Crippen molar-refractivity contribution in [2.45, 2.75) is 18.1 Å². The van der Waals surface area contributed by atoms with Gasteiger partial charge in [-0.25, -0.2) is 4.98 Å². The first-order chi connectivity index (χ1) is 9.32. The Bertz CT molecular complexity index is 493. The van der Waals surface area contributed by atoms with E-state index in [9.17, 15) is 18.0 Å². The van der Waals surface area contributed by atoms with Gasteiger partial charge in [-0.05, 0) is 5.56 Å². The molecular formula is C11H11BrF3NO4. The van der Waals surface area contributed by atoms with E-state index in [-0.39, 0.29) is 28.8 Å². The third-order valence-electron chi connectivity index (χ3n) is 2.30. The van der Waals surface area contributed by atoms with Gasteiger partial charge >= 0.3 is 12.3 Å². The maximum absolute atomic E-state index is 12.4. The van der Waals surface area contributed by atoms with E-state index in [1.165, 1.54) is 20.4 Å². The second kappa shape index (κ2) is 6.78. The monoisotopic (exact) mass is 357 g/mol. The molecule has 9 heteroatoms. The van der Waals surface area contributed by atoms with Crippen LogP contribution in [0.1, 0.15) is 11.1 Å². The van der Waals surface area contributed by atoms with Crippen LogP contribution in [-0.2, 0) is 21.3 Å². The number of nitrogens with zero attached hydrogens (tertiary/aromatic N) is 1. The van der Waals surface area contributed by atoms with Gasteiger partial charge in [0.05, 0.1) is 20.6 Å². The number of pyridine rings is 1. The Morgan fingerprint density at radius 2 is 2.05 bits per heavy atom. The zero-order chi connectivity index (χ0) is 15.3. The van der Waals surface area contributed by atoms with Crippen LogP contribution in [0.3, 0.4) is 0 Å². The molecule has 1 heterocycles. The fourth-order valence-corrected chi connectivity index (χ4v) is 2.06. The Balaban J connectivity index is 3.28. The minimum absolute atomic E-state index is 0.0314. The second-order valence-corrected chi connectivity index (χ2v) is 4.10. The molecule has 0 atom stereocenters. The number of alkyl halides is 4. The van der Waals surface area contributed by atoms with Crippen LogP contribution >= 0.6 is 15.9 Å². The summed E-state index contributed by atoms with van der Waals surface area (Å²) in [5.41, 5.74) is 0.383. The van der Waals surface area contributed by atoms with Crippen LogP contribution in [0, 0.1) is 0 Å². The molecule has 0 bridgehead atoms. The Labute approximate surface area is 121 Å². The average Bonchev–Trinajstić information content (AvgIpc) is 2.37.